The van der Waals surface area contributed by atoms with Crippen molar-refractivity contribution < 1.29 is 28.6 Å². The van der Waals surface area contributed by atoms with Crippen LogP contribution < -0.4 is 10.5 Å². The number of nitrogens with zero attached hydrogens (tertiary/aromatic N) is 2. The van der Waals surface area contributed by atoms with E-state index < -0.39 is 33.1 Å². The Morgan fingerprint density at radius 2 is 1.69 bits per heavy atom. The number of nitrogens with two attached hydrogens (primary N) is 1. The summed E-state index contributed by atoms with van der Waals surface area (Å²) in [5.74, 6) is -1.03. The summed E-state index contributed by atoms with van der Waals surface area (Å²) >= 11 is 0. The van der Waals surface area contributed by atoms with E-state index in [9.17, 15) is 19.4 Å². The number of halogens is 6. The predicted molar refractivity (Wildman–Crippen MR) is 111 cm³/mol. The normalized spacial score (nSPS) is 16.7. The van der Waals surface area contributed by atoms with Crippen LogP contribution >= 0.6 is 10.2 Å². The lowest BCUT2D eigenvalue weighted by Crippen LogP contribution is -2.14. The van der Waals surface area contributed by atoms with E-state index in [1.165, 1.54) is 24.5 Å². The van der Waals surface area contributed by atoms with Crippen LogP contribution in [0, 0.1) is 5.82 Å². The first-order chi connectivity index (χ1) is 14.8. The highest BCUT2D eigenvalue weighted by Crippen LogP contribution is 3.02. The number of aromatic nitrogens is 2. The standard InChI is InChI=1S/C21H19F6N3OS/c22-20-16(17-10-30-19(28)11-29-17)9-8-15(13-5-3-6-13)21(20)31-12-14-4-1-2-7-18(14)32(23,24,25,26)27/h1-2,4,7-11,13H,3,5-6,12H2,(H2,28,30). The Balaban J connectivity index is 1.74. The van der Waals surface area contributed by atoms with E-state index >= 15 is 4.39 Å². The van der Waals surface area contributed by atoms with Crippen LogP contribution in [0.1, 0.15) is 36.3 Å². The summed E-state index contributed by atoms with van der Waals surface area (Å²) in [5.41, 5.74) is 5.36. The Morgan fingerprint density at radius 1 is 0.969 bits per heavy atom. The number of rotatable bonds is 6. The third-order valence-corrected chi connectivity index (χ3v) is 6.61. The minimum atomic E-state index is -9.96. The van der Waals surface area contributed by atoms with Crippen LogP contribution in [-0.2, 0) is 6.61 Å². The van der Waals surface area contributed by atoms with Crippen molar-refractivity contribution in [2.75, 3.05) is 5.73 Å². The Bertz CT molecular complexity index is 1170. The van der Waals surface area contributed by atoms with Crippen molar-refractivity contribution in [2.24, 2.45) is 0 Å². The number of nitrogen functional groups attached to an aromatic ring is 1. The van der Waals surface area contributed by atoms with Crippen molar-refractivity contribution >= 4 is 16.0 Å². The number of hydrogen-bond acceptors (Lipinski definition) is 4. The van der Waals surface area contributed by atoms with Gasteiger partial charge in [0.25, 0.3) is 0 Å². The van der Waals surface area contributed by atoms with Gasteiger partial charge in [-0.2, -0.15) is 0 Å². The zero-order valence-corrected chi connectivity index (χ0v) is 17.4. The first-order valence-corrected chi connectivity index (χ1v) is 11.6. The molecule has 1 aromatic heterocycles. The lowest BCUT2D eigenvalue weighted by Gasteiger charge is -2.41. The molecule has 0 amide bonds. The summed E-state index contributed by atoms with van der Waals surface area (Å²) in [6.07, 6.45) is 4.94. The first kappa shape index (κ1) is 22.3. The van der Waals surface area contributed by atoms with Gasteiger partial charge in [-0.25, -0.2) is 9.37 Å². The van der Waals surface area contributed by atoms with Gasteiger partial charge < -0.3 is 10.5 Å². The smallest absolute Gasteiger partial charge is 0.310 e. The minimum absolute atomic E-state index is 0.0107. The van der Waals surface area contributed by atoms with E-state index in [1.54, 1.807) is 6.07 Å². The predicted octanol–water partition coefficient (Wildman–Crippen LogP) is 7.37. The fourth-order valence-corrected chi connectivity index (χ4v) is 4.54. The first-order valence-electron chi connectivity index (χ1n) is 9.68. The molecule has 1 fully saturated rings. The molecule has 172 valence electrons. The van der Waals surface area contributed by atoms with Crippen LogP contribution in [0.3, 0.4) is 0 Å². The highest BCUT2D eigenvalue weighted by Gasteiger charge is 2.66. The number of hydrogen-bond donors (Lipinski definition) is 1. The maximum Gasteiger partial charge on any atom is 0.310 e. The second-order valence-electron chi connectivity index (χ2n) is 7.67. The van der Waals surface area contributed by atoms with Gasteiger partial charge in [-0.1, -0.05) is 50.1 Å². The summed E-state index contributed by atoms with van der Waals surface area (Å²) in [6.45, 7) is -0.880. The third-order valence-electron chi connectivity index (χ3n) is 5.38. The van der Waals surface area contributed by atoms with Crippen LogP contribution in [0.25, 0.3) is 11.3 Å². The maximum atomic E-state index is 15.4. The molecule has 2 aromatic carbocycles. The molecule has 4 rings (SSSR count). The highest BCUT2D eigenvalue weighted by atomic mass is 32.5. The molecule has 0 radical (unpaired) electrons. The molecule has 2 N–H and O–H groups in total. The maximum absolute atomic E-state index is 15.4. The van der Waals surface area contributed by atoms with Crippen molar-refractivity contribution in [1.82, 2.24) is 9.97 Å². The van der Waals surface area contributed by atoms with Gasteiger partial charge in [0.05, 0.1) is 18.1 Å². The molecule has 0 atom stereocenters. The molecule has 32 heavy (non-hydrogen) atoms. The van der Waals surface area contributed by atoms with Gasteiger partial charge in [0.15, 0.2) is 11.6 Å². The minimum Gasteiger partial charge on any atom is -0.485 e. The van der Waals surface area contributed by atoms with Crippen LogP contribution in [-0.4, -0.2) is 9.97 Å². The molecule has 11 heteroatoms. The molecule has 0 spiro atoms. The van der Waals surface area contributed by atoms with Crippen LogP contribution in [0.4, 0.5) is 29.6 Å². The van der Waals surface area contributed by atoms with E-state index in [2.05, 4.69) is 9.97 Å². The van der Waals surface area contributed by atoms with Crippen molar-refractivity contribution in [2.45, 2.75) is 36.7 Å². The average Bonchev–Trinajstić information content (AvgIpc) is 2.66. The Morgan fingerprint density at radius 3 is 2.28 bits per heavy atom. The number of ether oxygens (including phenoxy) is 1. The zero-order chi connectivity index (χ0) is 23.2. The van der Waals surface area contributed by atoms with Crippen molar-refractivity contribution in [3.05, 3.63) is 65.7 Å². The molecule has 1 saturated carbocycles. The Hall–Kier alpha value is -2.95. The van der Waals surface area contributed by atoms with E-state index in [1.807, 2.05) is 0 Å². The van der Waals surface area contributed by atoms with Crippen molar-refractivity contribution in [3.63, 3.8) is 0 Å². The molecule has 1 aliphatic rings. The van der Waals surface area contributed by atoms with Gasteiger partial charge in [-0.3, -0.25) is 4.98 Å². The summed E-state index contributed by atoms with van der Waals surface area (Å²) in [4.78, 5) is 5.83. The SMILES string of the molecule is Nc1cnc(-c2ccc(C3CCC3)c(OCc3ccccc3S(F)(F)(F)(F)F)c2F)cn1. The second-order valence-corrected chi connectivity index (χ2v) is 10.0. The molecule has 0 bridgehead atoms. The fraction of sp³-hybridized carbons (Fsp3) is 0.238. The largest absolute Gasteiger partial charge is 0.485 e. The second kappa shape index (κ2) is 7.03. The summed E-state index contributed by atoms with van der Waals surface area (Å²) < 4.78 is 88.1. The molecule has 4 nitrogen and oxygen atoms in total. The van der Waals surface area contributed by atoms with E-state index in [-0.39, 0.29) is 28.7 Å². The molecular weight excluding hydrogens is 456 g/mol. The zero-order valence-electron chi connectivity index (χ0n) is 16.6. The molecule has 0 unspecified atom stereocenters. The van der Waals surface area contributed by atoms with Gasteiger partial charge in [0.2, 0.25) is 0 Å². The van der Waals surface area contributed by atoms with Gasteiger partial charge in [0.1, 0.15) is 17.3 Å². The Kier molecular flexibility index (Phi) is 4.89. The molecule has 0 saturated heterocycles. The lowest BCUT2D eigenvalue weighted by atomic mass is 9.79. The van der Waals surface area contributed by atoms with Crippen LogP contribution in [0.5, 0.6) is 5.75 Å². The van der Waals surface area contributed by atoms with Crippen molar-refractivity contribution in [3.8, 4) is 17.0 Å². The monoisotopic (exact) mass is 475 g/mol. The lowest BCUT2D eigenvalue weighted by molar-refractivity contribution is 0.273. The summed E-state index contributed by atoms with van der Waals surface area (Å²) in [5, 5.41) is 0. The van der Waals surface area contributed by atoms with E-state index in [0.717, 1.165) is 31.4 Å². The average molecular weight is 475 g/mol. The summed E-state index contributed by atoms with van der Waals surface area (Å²) in [7, 11) is -9.96. The van der Waals surface area contributed by atoms with Gasteiger partial charge in [-0.05, 0) is 30.9 Å². The number of anilines is 1. The quantitative estimate of drug-likeness (QED) is 0.378. The molecule has 3 aromatic rings. The van der Waals surface area contributed by atoms with Crippen LogP contribution in [0.15, 0.2) is 53.7 Å². The van der Waals surface area contributed by atoms with Crippen molar-refractivity contribution in [1.29, 1.82) is 0 Å². The third kappa shape index (κ3) is 4.47. The number of benzene rings is 2. The Labute approximate surface area is 180 Å². The van der Waals surface area contributed by atoms with E-state index in [4.69, 9.17) is 10.5 Å². The van der Waals surface area contributed by atoms with Gasteiger partial charge in [0, 0.05) is 16.7 Å². The highest BCUT2D eigenvalue weighted by molar-refractivity contribution is 8.45. The fourth-order valence-electron chi connectivity index (χ4n) is 3.58. The van der Waals surface area contributed by atoms with Crippen LogP contribution in [0.2, 0.25) is 0 Å². The van der Waals surface area contributed by atoms with E-state index in [0.29, 0.717) is 11.6 Å². The van der Waals surface area contributed by atoms with Gasteiger partial charge >= 0.3 is 10.2 Å². The molecule has 1 heterocycles. The van der Waals surface area contributed by atoms with Gasteiger partial charge in [-0.15, -0.1) is 0 Å². The summed E-state index contributed by atoms with van der Waals surface area (Å²) in [6, 6.07) is 6.37. The topological polar surface area (TPSA) is 61.0 Å². The molecule has 0 aliphatic heterocycles. The molecular formula is C21H19F6N3OS. The molecule has 1 aliphatic carbocycles.